The summed E-state index contributed by atoms with van der Waals surface area (Å²) < 4.78 is 19.9. The van der Waals surface area contributed by atoms with Crippen molar-refractivity contribution in [2.24, 2.45) is 0 Å². The van der Waals surface area contributed by atoms with E-state index in [1.54, 1.807) is 0 Å². The lowest BCUT2D eigenvalue weighted by Crippen LogP contribution is -2.29. The molecule has 1 fully saturated rings. The maximum absolute atomic E-state index is 14.7. The van der Waals surface area contributed by atoms with E-state index >= 15 is 0 Å². The fourth-order valence-electron chi connectivity index (χ4n) is 2.26. The van der Waals surface area contributed by atoms with Crippen LogP contribution in [-0.4, -0.2) is 26.8 Å². The van der Waals surface area contributed by atoms with E-state index in [2.05, 4.69) is 11.4 Å². The van der Waals surface area contributed by atoms with Crippen LogP contribution < -0.4 is 5.32 Å². The van der Waals surface area contributed by atoms with Gasteiger partial charge in [0.15, 0.2) is 0 Å². The lowest BCUT2D eigenvalue weighted by atomic mass is 9.87. The highest BCUT2D eigenvalue weighted by Crippen LogP contribution is 2.36. The molecule has 0 bridgehead atoms. The Morgan fingerprint density at radius 2 is 2.12 bits per heavy atom. The highest BCUT2D eigenvalue weighted by Gasteiger charge is 2.34. The van der Waals surface area contributed by atoms with E-state index in [0.29, 0.717) is 26.1 Å². The summed E-state index contributed by atoms with van der Waals surface area (Å²) in [5, 5.41) is 3.11. The zero-order chi connectivity index (χ0) is 12.1. The molecule has 0 spiro atoms. The second-order valence-electron chi connectivity index (χ2n) is 4.63. The fraction of sp³-hybridized carbons (Fsp3) is 0.571. The molecule has 1 aromatic carbocycles. The predicted octanol–water partition coefficient (Wildman–Crippen LogP) is 2.42. The van der Waals surface area contributed by atoms with E-state index in [1.807, 2.05) is 25.2 Å². The molecule has 0 atom stereocenters. The summed E-state index contributed by atoms with van der Waals surface area (Å²) in [6, 6.07) is 7.91. The molecule has 1 heterocycles. The molecule has 1 aliphatic rings. The zero-order valence-corrected chi connectivity index (χ0v) is 10.3. The molecular weight excluding hydrogens is 217 g/mol. The van der Waals surface area contributed by atoms with Crippen LogP contribution in [0.4, 0.5) is 4.39 Å². The Labute approximate surface area is 102 Å². The molecule has 1 saturated heterocycles. The summed E-state index contributed by atoms with van der Waals surface area (Å²) in [4.78, 5) is 0. The van der Waals surface area contributed by atoms with Crippen molar-refractivity contribution in [1.29, 1.82) is 0 Å². The van der Waals surface area contributed by atoms with Crippen molar-refractivity contribution in [2.75, 3.05) is 26.8 Å². The largest absolute Gasteiger partial charge is 0.381 e. The summed E-state index contributed by atoms with van der Waals surface area (Å²) in [6.45, 7) is 1.97. The average molecular weight is 237 g/mol. The SMILES string of the molecule is CNCCc1cccc(C2(F)CCOCC2)c1. The number of hydrogen-bond acceptors (Lipinski definition) is 2. The van der Waals surface area contributed by atoms with E-state index in [4.69, 9.17) is 4.74 Å². The minimum atomic E-state index is -1.19. The van der Waals surface area contributed by atoms with Gasteiger partial charge < -0.3 is 10.1 Å². The molecule has 0 radical (unpaired) electrons. The van der Waals surface area contributed by atoms with Crippen LogP contribution in [0.2, 0.25) is 0 Å². The van der Waals surface area contributed by atoms with Crippen LogP contribution in [0.3, 0.4) is 0 Å². The molecule has 3 heteroatoms. The van der Waals surface area contributed by atoms with Gasteiger partial charge in [-0.1, -0.05) is 24.3 Å². The van der Waals surface area contributed by atoms with Crippen molar-refractivity contribution in [2.45, 2.75) is 24.9 Å². The summed E-state index contributed by atoms with van der Waals surface area (Å²) in [5.74, 6) is 0. The first-order valence-corrected chi connectivity index (χ1v) is 6.25. The van der Waals surface area contributed by atoms with Gasteiger partial charge in [0.25, 0.3) is 0 Å². The van der Waals surface area contributed by atoms with Gasteiger partial charge in [-0.05, 0) is 31.1 Å². The molecule has 94 valence electrons. The number of alkyl halides is 1. The molecule has 1 aliphatic heterocycles. The normalized spacial score (nSPS) is 19.2. The van der Waals surface area contributed by atoms with E-state index in [0.717, 1.165) is 18.5 Å². The topological polar surface area (TPSA) is 21.3 Å². The van der Waals surface area contributed by atoms with Gasteiger partial charge in [-0.25, -0.2) is 4.39 Å². The third-order valence-corrected chi connectivity index (χ3v) is 3.39. The molecular formula is C14H20FNO. The Kier molecular flexibility index (Phi) is 4.13. The lowest BCUT2D eigenvalue weighted by molar-refractivity contribution is -0.0115. The highest BCUT2D eigenvalue weighted by molar-refractivity contribution is 5.29. The molecule has 0 amide bonds. The molecule has 2 rings (SSSR count). The number of halogens is 1. The van der Waals surface area contributed by atoms with Crippen LogP contribution in [0.25, 0.3) is 0 Å². The van der Waals surface area contributed by atoms with E-state index in [-0.39, 0.29) is 0 Å². The molecule has 1 aromatic rings. The van der Waals surface area contributed by atoms with Gasteiger partial charge in [-0.3, -0.25) is 0 Å². The monoisotopic (exact) mass is 237 g/mol. The minimum Gasteiger partial charge on any atom is -0.381 e. The second kappa shape index (κ2) is 5.61. The maximum Gasteiger partial charge on any atom is 0.140 e. The Morgan fingerprint density at radius 3 is 2.82 bits per heavy atom. The summed E-state index contributed by atoms with van der Waals surface area (Å²) in [5.41, 5.74) is 0.822. The van der Waals surface area contributed by atoms with Crippen molar-refractivity contribution >= 4 is 0 Å². The number of likely N-dealkylation sites (N-methyl/N-ethyl adjacent to an activating group) is 1. The molecule has 17 heavy (non-hydrogen) atoms. The number of nitrogens with one attached hydrogen (secondary N) is 1. The molecule has 2 nitrogen and oxygen atoms in total. The Bertz CT molecular complexity index is 361. The molecule has 0 unspecified atom stereocenters. The van der Waals surface area contributed by atoms with Crippen molar-refractivity contribution in [1.82, 2.24) is 5.32 Å². The van der Waals surface area contributed by atoms with Gasteiger partial charge in [-0.15, -0.1) is 0 Å². The maximum atomic E-state index is 14.7. The van der Waals surface area contributed by atoms with Gasteiger partial charge in [0.05, 0.1) is 0 Å². The lowest BCUT2D eigenvalue weighted by Gasteiger charge is -2.30. The standard InChI is InChI=1S/C14H20FNO/c1-16-8-5-12-3-2-4-13(11-12)14(15)6-9-17-10-7-14/h2-4,11,16H,5-10H2,1H3. The van der Waals surface area contributed by atoms with Crippen LogP contribution in [0.1, 0.15) is 24.0 Å². The molecule has 0 aliphatic carbocycles. The van der Waals surface area contributed by atoms with Crippen LogP contribution in [0.15, 0.2) is 24.3 Å². The Morgan fingerprint density at radius 1 is 1.35 bits per heavy atom. The molecule has 1 N–H and O–H groups in total. The third-order valence-electron chi connectivity index (χ3n) is 3.39. The highest BCUT2D eigenvalue weighted by atomic mass is 19.1. The summed E-state index contributed by atoms with van der Waals surface area (Å²) in [6.07, 6.45) is 1.89. The van der Waals surface area contributed by atoms with E-state index in [9.17, 15) is 4.39 Å². The van der Waals surface area contributed by atoms with Crippen molar-refractivity contribution < 1.29 is 9.13 Å². The molecule has 0 saturated carbocycles. The quantitative estimate of drug-likeness (QED) is 0.868. The second-order valence-corrected chi connectivity index (χ2v) is 4.63. The van der Waals surface area contributed by atoms with Crippen molar-refractivity contribution in [3.63, 3.8) is 0 Å². The summed E-state index contributed by atoms with van der Waals surface area (Å²) >= 11 is 0. The van der Waals surface area contributed by atoms with Crippen LogP contribution in [0, 0.1) is 0 Å². The van der Waals surface area contributed by atoms with E-state index < -0.39 is 5.67 Å². The summed E-state index contributed by atoms with van der Waals surface area (Å²) in [7, 11) is 1.93. The third kappa shape index (κ3) is 3.05. The average Bonchev–Trinajstić information content (AvgIpc) is 2.38. The predicted molar refractivity (Wildman–Crippen MR) is 66.9 cm³/mol. The Balaban J connectivity index is 2.14. The first-order valence-electron chi connectivity index (χ1n) is 6.25. The van der Waals surface area contributed by atoms with Crippen LogP contribution in [0.5, 0.6) is 0 Å². The minimum absolute atomic E-state index is 0.475. The van der Waals surface area contributed by atoms with E-state index in [1.165, 1.54) is 5.56 Å². The van der Waals surface area contributed by atoms with Crippen molar-refractivity contribution in [3.8, 4) is 0 Å². The first-order chi connectivity index (χ1) is 8.24. The fourth-order valence-corrected chi connectivity index (χ4v) is 2.26. The van der Waals surface area contributed by atoms with Gasteiger partial charge in [-0.2, -0.15) is 0 Å². The van der Waals surface area contributed by atoms with Crippen molar-refractivity contribution in [3.05, 3.63) is 35.4 Å². The smallest absolute Gasteiger partial charge is 0.140 e. The number of ether oxygens (including phenoxy) is 1. The van der Waals surface area contributed by atoms with Gasteiger partial charge in [0.1, 0.15) is 5.67 Å². The van der Waals surface area contributed by atoms with Gasteiger partial charge in [0.2, 0.25) is 0 Å². The van der Waals surface area contributed by atoms with Crippen LogP contribution in [-0.2, 0) is 16.8 Å². The van der Waals surface area contributed by atoms with Gasteiger partial charge >= 0.3 is 0 Å². The Hall–Kier alpha value is -0.930. The zero-order valence-electron chi connectivity index (χ0n) is 10.3. The molecule has 0 aromatic heterocycles. The first kappa shape index (κ1) is 12.5. The number of rotatable bonds is 4. The number of hydrogen-bond donors (Lipinski definition) is 1. The van der Waals surface area contributed by atoms with Crippen LogP contribution >= 0.6 is 0 Å². The number of benzene rings is 1. The van der Waals surface area contributed by atoms with Gasteiger partial charge in [0, 0.05) is 26.1 Å².